The second kappa shape index (κ2) is 4.62. The lowest BCUT2D eigenvalue weighted by Gasteiger charge is -2.04. The van der Waals surface area contributed by atoms with E-state index in [9.17, 15) is 4.79 Å². The van der Waals surface area contributed by atoms with E-state index in [1.807, 2.05) is 44.1 Å². The van der Waals surface area contributed by atoms with Gasteiger partial charge in [-0.05, 0) is 30.7 Å². The first kappa shape index (κ1) is 11.7. The van der Waals surface area contributed by atoms with Crippen LogP contribution in [0.15, 0.2) is 30.5 Å². The zero-order valence-electron chi connectivity index (χ0n) is 10.4. The van der Waals surface area contributed by atoms with Crippen LogP contribution >= 0.6 is 0 Å². The predicted molar refractivity (Wildman–Crippen MR) is 67.4 cm³/mol. The standard InChI is InChI=1S/C14H17NO2/c1-10-8-12-9-11(4-5-14(12)17-10)13(16)6-7-15(2)3/h4-7,9-10H,8H2,1-3H3/b7-6+. The Morgan fingerprint density at radius 2 is 2.24 bits per heavy atom. The molecule has 0 fully saturated rings. The second-order valence-corrected chi connectivity index (χ2v) is 4.60. The second-order valence-electron chi connectivity index (χ2n) is 4.60. The highest BCUT2D eigenvalue weighted by Crippen LogP contribution is 2.29. The molecule has 1 aliphatic rings. The van der Waals surface area contributed by atoms with Crippen molar-refractivity contribution in [2.45, 2.75) is 19.4 Å². The maximum absolute atomic E-state index is 11.9. The highest BCUT2D eigenvalue weighted by Gasteiger charge is 2.19. The zero-order chi connectivity index (χ0) is 12.4. The molecule has 0 aliphatic carbocycles. The van der Waals surface area contributed by atoms with Crippen LogP contribution in [0.25, 0.3) is 0 Å². The van der Waals surface area contributed by atoms with Gasteiger partial charge in [-0.3, -0.25) is 4.79 Å². The predicted octanol–water partition coefficient (Wildman–Crippen LogP) is 2.27. The molecular formula is C14H17NO2. The summed E-state index contributed by atoms with van der Waals surface area (Å²) in [5, 5.41) is 0. The van der Waals surface area contributed by atoms with Gasteiger partial charge in [-0.25, -0.2) is 0 Å². The van der Waals surface area contributed by atoms with Crippen LogP contribution in [0.4, 0.5) is 0 Å². The van der Waals surface area contributed by atoms with Gasteiger partial charge >= 0.3 is 0 Å². The molecule has 0 saturated carbocycles. The van der Waals surface area contributed by atoms with Gasteiger partial charge in [0.1, 0.15) is 11.9 Å². The zero-order valence-corrected chi connectivity index (χ0v) is 10.4. The molecule has 17 heavy (non-hydrogen) atoms. The molecule has 1 aromatic carbocycles. The highest BCUT2D eigenvalue weighted by molar-refractivity contribution is 6.04. The fourth-order valence-electron chi connectivity index (χ4n) is 1.89. The number of carbonyl (C=O) groups excluding carboxylic acids is 1. The summed E-state index contributed by atoms with van der Waals surface area (Å²) in [5.74, 6) is 0.937. The van der Waals surface area contributed by atoms with Crippen LogP contribution in [0.2, 0.25) is 0 Å². The third kappa shape index (κ3) is 2.67. The van der Waals surface area contributed by atoms with Gasteiger partial charge in [0.2, 0.25) is 0 Å². The Morgan fingerprint density at radius 3 is 2.94 bits per heavy atom. The lowest BCUT2D eigenvalue weighted by atomic mass is 10.0. The molecule has 0 saturated heterocycles. The molecule has 0 aromatic heterocycles. The molecule has 0 spiro atoms. The normalized spacial score (nSPS) is 17.9. The number of hydrogen-bond donors (Lipinski definition) is 0. The van der Waals surface area contributed by atoms with Crippen LogP contribution in [0, 0.1) is 0 Å². The van der Waals surface area contributed by atoms with E-state index >= 15 is 0 Å². The van der Waals surface area contributed by atoms with E-state index in [2.05, 4.69) is 0 Å². The van der Waals surface area contributed by atoms with Crippen LogP contribution in [0.1, 0.15) is 22.8 Å². The van der Waals surface area contributed by atoms with Crippen molar-refractivity contribution in [3.8, 4) is 5.75 Å². The van der Waals surface area contributed by atoms with E-state index < -0.39 is 0 Å². The molecule has 1 unspecified atom stereocenters. The summed E-state index contributed by atoms with van der Waals surface area (Å²) in [6, 6.07) is 5.63. The van der Waals surface area contributed by atoms with Gasteiger partial charge in [-0.1, -0.05) is 0 Å². The van der Waals surface area contributed by atoms with Crippen molar-refractivity contribution < 1.29 is 9.53 Å². The average molecular weight is 231 g/mol. The molecule has 3 nitrogen and oxygen atoms in total. The van der Waals surface area contributed by atoms with E-state index in [-0.39, 0.29) is 11.9 Å². The summed E-state index contributed by atoms with van der Waals surface area (Å²) in [7, 11) is 3.78. The van der Waals surface area contributed by atoms with Gasteiger partial charge in [0.05, 0.1) is 0 Å². The minimum atomic E-state index is 0.0288. The van der Waals surface area contributed by atoms with Crippen molar-refractivity contribution in [3.05, 3.63) is 41.6 Å². The molecular weight excluding hydrogens is 214 g/mol. The van der Waals surface area contributed by atoms with Crippen molar-refractivity contribution in [1.29, 1.82) is 0 Å². The fraction of sp³-hybridized carbons (Fsp3) is 0.357. The summed E-state index contributed by atoms with van der Waals surface area (Å²) in [6.45, 7) is 2.04. The number of hydrogen-bond acceptors (Lipinski definition) is 3. The molecule has 2 rings (SSSR count). The number of fused-ring (bicyclic) bond motifs is 1. The maximum Gasteiger partial charge on any atom is 0.187 e. The Morgan fingerprint density at radius 1 is 1.47 bits per heavy atom. The van der Waals surface area contributed by atoms with Crippen LogP contribution in [0.5, 0.6) is 5.75 Å². The lowest BCUT2D eigenvalue weighted by molar-refractivity contribution is 0.104. The largest absolute Gasteiger partial charge is 0.490 e. The summed E-state index contributed by atoms with van der Waals surface area (Å²) < 4.78 is 5.60. The molecule has 1 aromatic rings. The highest BCUT2D eigenvalue weighted by atomic mass is 16.5. The molecule has 3 heteroatoms. The van der Waals surface area contributed by atoms with Crippen LogP contribution in [-0.4, -0.2) is 30.9 Å². The molecule has 1 atom stereocenters. The van der Waals surface area contributed by atoms with E-state index in [0.29, 0.717) is 0 Å². The quantitative estimate of drug-likeness (QED) is 0.590. The van der Waals surface area contributed by atoms with E-state index in [1.165, 1.54) is 0 Å². The van der Waals surface area contributed by atoms with E-state index in [1.54, 1.807) is 12.3 Å². The smallest absolute Gasteiger partial charge is 0.187 e. The molecule has 0 amide bonds. The average Bonchev–Trinajstić information content (AvgIpc) is 2.64. The molecule has 0 bridgehead atoms. The maximum atomic E-state index is 11.9. The van der Waals surface area contributed by atoms with E-state index in [4.69, 9.17) is 4.74 Å². The van der Waals surface area contributed by atoms with Crippen molar-refractivity contribution in [2.24, 2.45) is 0 Å². The number of carbonyl (C=O) groups is 1. The summed E-state index contributed by atoms with van der Waals surface area (Å²) in [4.78, 5) is 13.7. The van der Waals surface area contributed by atoms with Crippen LogP contribution in [-0.2, 0) is 6.42 Å². The Hall–Kier alpha value is -1.77. The Balaban J connectivity index is 2.19. The van der Waals surface area contributed by atoms with Crippen molar-refractivity contribution in [3.63, 3.8) is 0 Å². The first-order valence-corrected chi connectivity index (χ1v) is 5.75. The molecule has 0 N–H and O–H groups in total. The molecule has 1 aliphatic heterocycles. The number of benzene rings is 1. The number of allylic oxidation sites excluding steroid dienone is 1. The van der Waals surface area contributed by atoms with E-state index in [0.717, 1.165) is 23.3 Å². The number of nitrogens with zero attached hydrogens (tertiary/aromatic N) is 1. The topological polar surface area (TPSA) is 29.5 Å². The molecule has 90 valence electrons. The van der Waals surface area contributed by atoms with Gasteiger partial charge in [0.25, 0.3) is 0 Å². The van der Waals surface area contributed by atoms with Crippen molar-refractivity contribution in [2.75, 3.05) is 14.1 Å². The van der Waals surface area contributed by atoms with Gasteiger partial charge in [0, 0.05) is 38.4 Å². The van der Waals surface area contributed by atoms with Gasteiger partial charge in [0.15, 0.2) is 5.78 Å². The number of ether oxygens (including phenoxy) is 1. The van der Waals surface area contributed by atoms with Crippen LogP contribution < -0.4 is 4.74 Å². The Labute approximate surface area is 102 Å². The monoisotopic (exact) mass is 231 g/mol. The minimum Gasteiger partial charge on any atom is -0.490 e. The summed E-state index contributed by atoms with van der Waals surface area (Å²) >= 11 is 0. The van der Waals surface area contributed by atoms with Crippen molar-refractivity contribution in [1.82, 2.24) is 4.90 Å². The minimum absolute atomic E-state index is 0.0288. The SMILES string of the molecule is CC1Cc2cc(C(=O)/C=C/N(C)C)ccc2O1. The molecule has 0 radical (unpaired) electrons. The van der Waals surface area contributed by atoms with Crippen LogP contribution in [0.3, 0.4) is 0 Å². The molecule has 1 heterocycles. The van der Waals surface area contributed by atoms with Gasteiger partial charge in [-0.15, -0.1) is 0 Å². The van der Waals surface area contributed by atoms with Gasteiger partial charge in [-0.2, -0.15) is 0 Å². The third-order valence-corrected chi connectivity index (χ3v) is 2.70. The van der Waals surface area contributed by atoms with Crippen molar-refractivity contribution >= 4 is 5.78 Å². The van der Waals surface area contributed by atoms with Gasteiger partial charge < -0.3 is 9.64 Å². The first-order chi connectivity index (χ1) is 8.06. The first-order valence-electron chi connectivity index (χ1n) is 5.75. The number of ketones is 1. The fourth-order valence-corrected chi connectivity index (χ4v) is 1.89. The third-order valence-electron chi connectivity index (χ3n) is 2.70. The summed E-state index contributed by atoms with van der Waals surface area (Å²) in [5.41, 5.74) is 1.85. The summed E-state index contributed by atoms with van der Waals surface area (Å²) in [6.07, 6.45) is 4.44. The number of rotatable bonds is 3. The Bertz CT molecular complexity index is 463. The lowest BCUT2D eigenvalue weighted by Crippen LogP contribution is -2.05. The Kier molecular flexibility index (Phi) is 3.18.